The number of nitrogens with one attached hydrogen (secondary N) is 1. The molecule has 3 aromatic rings. The van der Waals surface area contributed by atoms with Gasteiger partial charge in [0.1, 0.15) is 35.6 Å². The number of aromatic nitrogens is 3. The standard InChI is InChI=1S/C19H20N4O4/c1-19(26)15(25)13(8-24)27-18(19)23-7-12-11-5-3-2-4-10(11)6-20-16-14(12)17(23)22-9-21-16/h2-5,7,9,13,15,18,24-26H,6,8H2,1H3,(H,20,21,22)/t13-,15-,18?,19?/m1/s1. The first-order valence-corrected chi connectivity index (χ1v) is 8.87. The zero-order valence-corrected chi connectivity index (χ0v) is 14.7. The summed E-state index contributed by atoms with van der Waals surface area (Å²) < 4.78 is 7.52. The quantitative estimate of drug-likeness (QED) is 0.534. The van der Waals surface area contributed by atoms with Crippen LogP contribution in [-0.4, -0.2) is 54.3 Å². The Morgan fingerprint density at radius 3 is 2.89 bits per heavy atom. The van der Waals surface area contributed by atoms with Gasteiger partial charge in [-0.1, -0.05) is 24.3 Å². The van der Waals surface area contributed by atoms with E-state index in [1.165, 1.54) is 13.3 Å². The molecule has 8 heteroatoms. The number of aliphatic hydroxyl groups is 3. The van der Waals surface area contributed by atoms with Crippen molar-refractivity contribution in [3.05, 3.63) is 42.4 Å². The summed E-state index contributed by atoms with van der Waals surface area (Å²) in [6.07, 6.45) is 0.360. The zero-order chi connectivity index (χ0) is 18.8. The van der Waals surface area contributed by atoms with Gasteiger partial charge in [0.15, 0.2) is 6.23 Å². The molecule has 4 atom stereocenters. The number of aliphatic hydroxyl groups excluding tert-OH is 2. The molecule has 1 fully saturated rings. The van der Waals surface area contributed by atoms with Crippen LogP contribution in [0.3, 0.4) is 0 Å². The van der Waals surface area contributed by atoms with E-state index in [1.54, 1.807) is 4.57 Å². The van der Waals surface area contributed by atoms with E-state index in [2.05, 4.69) is 21.4 Å². The molecule has 0 radical (unpaired) electrons. The van der Waals surface area contributed by atoms with Crippen LogP contribution in [0.1, 0.15) is 18.7 Å². The third-order valence-electron chi connectivity index (χ3n) is 5.55. The van der Waals surface area contributed by atoms with Gasteiger partial charge >= 0.3 is 0 Å². The van der Waals surface area contributed by atoms with Crippen molar-refractivity contribution < 1.29 is 20.1 Å². The smallest absolute Gasteiger partial charge is 0.167 e. The van der Waals surface area contributed by atoms with Crippen LogP contribution < -0.4 is 5.32 Å². The van der Waals surface area contributed by atoms with E-state index in [1.807, 2.05) is 24.4 Å². The van der Waals surface area contributed by atoms with Crippen LogP contribution >= 0.6 is 0 Å². The van der Waals surface area contributed by atoms with Gasteiger partial charge in [-0.05, 0) is 18.1 Å². The first-order valence-electron chi connectivity index (χ1n) is 8.87. The Morgan fingerprint density at radius 1 is 1.30 bits per heavy atom. The summed E-state index contributed by atoms with van der Waals surface area (Å²) in [7, 11) is 0. The predicted octanol–water partition coefficient (Wildman–Crippen LogP) is 1.03. The molecule has 2 aliphatic rings. The van der Waals surface area contributed by atoms with E-state index in [9.17, 15) is 15.3 Å². The Balaban J connectivity index is 1.76. The third kappa shape index (κ3) is 2.24. The van der Waals surface area contributed by atoms with Crippen LogP contribution in [0.2, 0.25) is 0 Å². The Kier molecular flexibility index (Phi) is 3.54. The van der Waals surface area contributed by atoms with Crippen LogP contribution in [0.15, 0.2) is 36.8 Å². The maximum Gasteiger partial charge on any atom is 0.167 e. The summed E-state index contributed by atoms with van der Waals surface area (Å²) in [5, 5.41) is 34.9. The third-order valence-corrected chi connectivity index (χ3v) is 5.55. The molecule has 2 aromatic heterocycles. The molecule has 27 heavy (non-hydrogen) atoms. The van der Waals surface area contributed by atoms with Gasteiger partial charge in [0, 0.05) is 18.3 Å². The Bertz CT molecular complexity index is 1030. The number of benzene rings is 1. The van der Waals surface area contributed by atoms with Crippen LogP contribution in [0, 0.1) is 0 Å². The molecular formula is C19H20N4O4. The van der Waals surface area contributed by atoms with Crippen LogP contribution in [-0.2, 0) is 11.3 Å². The molecule has 8 nitrogen and oxygen atoms in total. The lowest BCUT2D eigenvalue weighted by Crippen LogP contribution is -2.44. The molecule has 0 aliphatic carbocycles. The van der Waals surface area contributed by atoms with E-state index in [-0.39, 0.29) is 6.61 Å². The highest BCUT2D eigenvalue weighted by Gasteiger charge is 2.53. The molecule has 0 spiro atoms. The van der Waals surface area contributed by atoms with Crippen LogP contribution in [0.25, 0.3) is 22.2 Å². The number of anilines is 1. The van der Waals surface area contributed by atoms with Gasteiger partial charge < -0.3 is 29.9 Å². The van der Waals surface area contributed by atoms with Gasteiger partial charge in [0.05, 0.1) is 12.0 Å². The number of ether oxygens (including phenoxy) is 1. The van der Waals surface area contributed by atoms with Gasteiger partial charge in [0.2, 0.25) is 0 Å². The molecule has 2 unspecified atom stereocenters. The second-order valence-corrected chi connectivity index (χ2v) is 7.26. The van der Waals surface area contributed by atoms with Gasteiger partial charge in [-0.2, -0.15) is 0 Å². The molecule has 5 rings (SSSR count). The molecule has 1 aromatic carbocycles. The Labute approximate surface area is 155 Å². The molecule has 1 saturated heterocycles. The van der Waals surface area contributed by atoms with Crippen molar-refractivity contribution >= 4 is 16.9 Å². The maximum absolute atomic E-state index is 10.9. The van der Waals surface area contributed by atoms with E-state index in [0.717, 1.165) is 22.1 Å². The molecule has 0 saturated carbocycles. The molecule has 4 N–H and O–H groups in total. The van der Waals surface area contributed by atoms with E-state index < -0.39 is 24.0 Å². The fraction of sp³-hybridized carbons (Fsp3) is 0.368. The predicted molar refractivity (Wildman–Crippen MR) is 97.9 cm³/mol. The summed E-state index contributed by atoms with van der Waals surface area (Å²) in [6.45, 7) is 1.77. The SMILES string of the molecule is CC1(O)C(n2cc3c4c(ncnc42)NCc2ccccc2-3)O[C@H](CO)[C@H]1O. The topological polar surface area (TPSA) is 113 Å². The van der Waals surface area contributed by atoms with Crippen molar-refractivity contribution in [2.45, 2.75) is 37.5 Å². The minimum Gasteiger partial charge on any atom is -0.394 e. The largest absolute Gasteiger partial charge is 0.394 e. The number of rotatable bonds is 2. The van der Waals surface area contributed by atoms with Crippen molar-refractivity contribution in [2.24, 2.45) is 0 Å². The fourth-order valence-corrected chi connectivity index (χ4v) is 4.11. The normalized spacial score (nSPS) is 29.4. The number of hydrogen-bond acceptors (Lipinski definition) is 7. The fourth-order valence-electron chi connectivity index (χ4n) is 4.11. The maximum atomic E-state index is 10.9. The highest BCUT2D eigenvalue weighted by Crippen LogP contribution is 2.44. The van der Waals surface area contributed by atoms with Crippen molar-refractivity contribution in [2.75, 3.05) is 11.9 Å². The summed E-state index contributed by atoms with van der Waals surface area (Å²) in [4.78, 5) is 8.80. The molecule has 140 valence electrons. The Hall–Kier alpha value is -2.52. The minimum atomic E-state index is -1.58. The van der Waals surface area contributed by atoms with Gasteiger partial charge in [-0.3, -0.25) is 0 Å². The summed E-state index contributed by atoms with van der Waals surface area (Å²) in [5.41, 5.74) is 2.12. The number of fused-ring (bicyclic) bond motifs is 2. The lowest BCUT2D eigenvalue weighted by atomic mass is 9.96. The molecule has 4 heterocycles. The van der Waals surface area contributed by atoms with Crippen molar-refractivity contribution in [3.8, 4) is 11.1 Å². The van der Waals surface area contributed by atoms with Crippen LogP contribution in [0.4, 0.5) is 5.82 Å². The first-order chi connectivity index (χ1) is 13.0. The summed E-state index contributed by atoms with van der Waals surface area (Å²) in [5.74, 6) is 0.710. The average molecular weight is 368 g/mol. The lowest BCUT2D eigenvalue weighted by Gasteiger charge is -2.27. The highest BCUT2D eigenvalue weighted by molar-refractivity contribution is 6.02. The average Bonchev–Trinajstić information content (AvgIpc) is 3.09. The van der Waals surface area contributed by atoms with E-state index in [4.69, 9.17) is 4.74 Å². The van der Waals surface area contributed by atoms with Crippen molar-refractivity contribution in [3.63, 3.8) is 0 Å². The van der Waals surface area contributed by atoms with E-state index >= 15 is 0 Å². The molecule has 0 bridgehead atoms. The van der Waals surface area contributed by atoms with Gasteiger partial charge in [-0.15, -0.1) is 0 Å². The van der Waals surface area contributed by atoms with Gasteiger partial charge in [0.25, 0.3) is 0 Å². The van der Waals surface area contributed by atoms with Crippen molar-refractivity contribution in [1.82, 2.24) is 14.5 Å². The second kappa shape index (κ2) is 5.74. The number of nitrogens with zero attached hydrogens (tertiary/aromatic N) is 3. The Morgan fingerprint density at radius 2 is 2.11 bits per heavy atom. The monoisotopic (exact) mass is 368 g/mol. The molecule has 0 amide bonds. The second-order valence-electron chi connectivity index (χ2n) is 7.26. The van der Waals surface area contributed by atoms with Gasteiger partial charge in [-0.25, -0.2) is 9.97 Å². The highest BCUT2D eigenvalue weighted by atomic mass is 16.6. The zero-order valence-electron chi connectivity index (χ0n) is 14.7. The summed E-state index contributed by atoms with van der Waals surface area (Å²) in [6, 6.07) is 8.06. The molecular weight excluding hydrogens is 348 g/mol. The lowest BCUT2D eigenvalue weighted by molar-refractivity contribution is -0.0948. The van der Waals surface area contributed by atoms with Crippen molar-refractivity contribution in [1.29, 1.82) is 0 Å². The number of hydrogen-bond donors (Lipinski definition) is 4. The van der Waals surface area contributed by atoms with Crippen LogP contribution in [0.5, 0.6) is 0 Å². The first kappa shape index (κ1) is 16.6. The molecule has 2 aliphatic heterocycles. The summed E-state index contributed by atoms with van der Waals surface area (Å²) >= 11 is 0. The van der Waals surface area contributed by atoms with E-state index in [0.29, 0.717) is 18.0 Å². The minimum absolute atomic E-state index is 0.384.